The molecular formula is C7H14N+. The minimum absolute atomic E-state index is 1.08. The summed E-state index contributed by atoms with van der Waals surface area (Å²) in [5, 5.41) is 0. The molecule has 0 fully saturated rings. The zero-order chi connectivity index (χ0) is 6.41. The van der Waals surface area contributed by atoms with Crippen molar-refractivity contribution in [1.29, 1.82) is 0 Å². The topological polar surface area (TPSA) is 27.6 Å². The lowest BCUT2D eigenvalue weighted by Gasteiger charge is -1.87. The van der Waals surface area contributed by atoms with Crippen molar-refractivity contribution in [3.63, 3.8) is 0 Å². The third-order valence-electron chi connectivity index (χ3n) is 1.05. The van der Waals surface area contributed by atoms with Gasteiger partial charge in [-0.25, -0.2) is 0 Å². The van der Waals surface area contributed by atoms with Crippen LogP contribution in [0.1, 0.15) is 20.3 Å². The van der Waals surface area contributed by atoms with E-state index in [-0.39, 0.29) is 0 Å². The minimum Gasteiger partial charge on any atom is -0.331 e. The van der Waals surface area contributed by atoms with Crippen LogP contribution in [0.4, 0.5) is 0 Å². The molecule has 0 amide bonds. The Labute approximate surface area is 50.9 Å². The van der Waals surface area contributed by atoms with Crippen molar-refractivity contribution >= 4 is 0 Å². The van der Waals surface area contributed by atoms with E-state index in [2.05, 4.69) is 18.7 Å². The number of hydrogen-bond donors (Lipinski definition) is 1. The third-order valence-corrected chi connectivity index (χ3v) is 1.05. The van der Waals surface area contributed by atoms with Gasteiger partial charge in [0.15, 0.2) is 0 Å². The van der Waals surface area contributed by atoms with Gasteiger partial charge >= 0.3 is 0 Å². The smallest absolute Gasteiger partial charge is 0.0941 e. The van der Waals surface area contributed by atoms with Gasteiger partial charge < -0.3 is 5.73 Å². The van der Waals surface area contributed by atoms with Crippen molar-refractivity contribution in [2.24, 2.45) is 0 Å². The highest BCUT2D eigenvalue weighted by atomic mass is 14.5. The van der Waals surface area contributed by atoms with E-state index < -0.39 is 0 Å². The Morgan fingerprint density at radius 1 is 1.62 bits per heavy atom. The van der Waals surface area contributed by atoms with E-state index >= 15 is 0 Å². The summed E-state index contributed by atoms with van der Waals surface area (Å²) in [7, 11) is 0. The first-order chi connectivity index (χ1) is 3.85. The fraction of sp³-hybridized carbons (Fsp3) is 0.429. The summed E-state index contributed by atoms with van der Waals surface area (Å²) >= 11 is 0. The fourth-order valence-electron chi connectivity index (χ4n) is 0.544. The molecule has 1 heteroatoms. The minimum atomic E-state index is 1.08. The molecule has 0 aromatic carbocycles. The van der Waals surface area contributed by atoms with Crippen LogP contribution in [0, 0.1) is 0 Å². The molecule has 0 atom stereocenters. The molecule has 0 rings (SSSR count). The van der Waals surface area contributed by atoms with Crippen molar-refractivity contribution in [2.45, 2.75) is 20.3 Å². The second kappa shape index (κ2) is 4.60. The monoisotopic (exact) mass is 112 g/mol. The van der Waals surface area contributed by atoms with E-state index in [0.717, 1.165) is 6.42 Å². The van der Waals surface area contributed by atoms with Crippen LogP contribution in [0.25, 0.3) is 0 Å². The molecule has 3 N–H and O–H groups in total. The van der Waals surface area contributed by atoms with E-state index in [0.29, 0.717) is 0 Å². The predicted molar refractivity (Wildman–Crippen MR) is 36.1 cm³/mol. The maximum absolute atomic E-state index is 3.66. The molecule has 46 valence electrons. The second-order valence-corrected chi connectivity index (χ2v) is 1.63. The van der Waals surface area contributed by atoms with E-state index in [1.165, 1.54) is 5.57 Å². The average Bonchev–Trinajstić information content (AvgIpc) is 1.83. The molecule has 1 nitrogen and oxygen atoms in total. The molecule has 0 heterocycles. The summed E-state index contributed by atoms with van der Waals surface area (Å²) in [6.07, 6.45) is 7.07. The second-order valence-electron chi connectivity index (χ2n) is 1.63. The maximum Gasteiger partial charge on any atom is 0.0941 e. The SMILES string of the molecule is C/C=C\C(=C/[NH3+])CC. The van der Waals surface area contributed by atoms with E-state index in [1.54, 1.807) is 0 Å². The highest BCUT2D eigenvalue weighted by molar-refractivity contribution is 5.13. The lowest BCUT2D eigenvalue weighted by Crippen LogP contribution is -2.39. The zero-order valence-corrected chi connectivity index (χ0v) is 5.65. The van der Waals surface area contributed by atoms with Gasteiger partial charge in [-0.05, 0) is 13.3 Å². The Kier molecular flexibility index (Phi) is 4.27. The lowest BCUT2D eigenvalue weighted by molar-refractivity contribution is -0.276. The molecule has 0 saturated heterocycles. The molecule has 0 aliphatic rings. The first-order valence-corrected chi connectivity index (χ1v) is 2.96. The molecule has 0 bridgehead atoms. The maximum atomic E-state index is 3.66. The Balaban J connectivity index is 3.72. The quantitative estimate of drug-likeness (QED) is 0.518. The van der Waals surface area contributed by atoms with Crippen LogP contribution in [0.3, 0.4) is 0 Å². The first kappa shape index (κ1) is 7.44. The van der Waals surface area contributed by atoms with Crippen molar-refractivity contribution in [2.75, 3.05) is 0 Å². The van der Waals surface area contributed by atoms with Gasteiger partial charge in [0.25, 0.3) is 0 Å². The van der Waals surface area contributed by atoms with Crippen LogP contribution < -0.4 is 5.73 Å². The summed E-state index contributed by atoms with van der Waals surface area (Å²) < 4.78 is 0. The molecule has 0 aliphatic heterocycles. The number of rotatable bonds is 2. The van der Waals surface area contributed by atoms with Gasteiger partial charge in [-0.15, -0.1) is 0 Å². The Hall–Kier alpha value is -0.560. The van der Waals surface area contributed by atoms with Crippen LogP contribution in [0.2, 0.25) is 0 Å². The summed E-state index contributed by atoms with van der Waals surface area (Å²) in [5.74, 6) is 0. The lowest BCUT2D eigenvalue weighted by atomic mass is 10.2. The van der Waals surface area contributed by atoms with Crippen LogP contribution in [0.5, 0.6) is 0 Å². The van der Waals surface area contributed by atoms with Crippen molar-refractivity contribution < 1.29 is 5.73 Å². The summed E-state index contributed by atoms with van der Waals surface area (Å²) in [4.78, 5) is 0. The first-order valence-electron chi connectivity index (χ1n) is 2.96. The van der Waals surface area contributed by atoms with Gasteiger partial charge in [-0.2, -0.15) is 0 Å². The number of hydrogen-bond acceptors (Lipinski definition) is 0. The van der Waals surface area contributed by atoms with Gasteiger partial charge in [-0.1, -0.05) is 19.1 Å². The molecule has 0 aromatic rings. The third kappa shape index (κ3) is 2.59. The van der Waals surface area contributed by atoms with Crippen LogP contribution >= 0.6 is 0 Å². The fourth-order valence-corrected chi connectivity index (χ4v) is 0.544. The van der Waals surface area contributed by atoms with Crippen molar-refractivity contribution in [1.82, 2.24) is 0 Å². The van der Waals surface area contributed by atoms with E-state index in [9.17, 15) is 0 Å². The highest BCUT2D eigenvalue weighted by Gasteiger charge is 1.82. The molecule has 0 saturated carbocycles. The van der Waals surface area contributed by atoms with Crippen molar-refractivity contribution in [3.05, 3.63) is 23.9 Å². The van der Waals surface area contributed by atoms with Gasteiger partial charge in [0.1, 0.15) is 0 Å². The Morgan fingerprint density at radius 2 is 2.25 bits per heavy atom. The van der Waals surface area contributed by atoms with Crippen LogP contribution in [-0.4, -0.2) is 0 Å². The number of allylic oxidation sites excluding steroid dienone is 3. The van der Waals surface area contributed by atoms with Gasteiger partial charge in [0.2, 0.25) is 0 Å². The molecule has 8 heavy (non-hydrogen) atoms. The standard InChI is InChI=1S/C7H13N/c1-3-5-7(4-2)6-8/h3,5-6H,4,8H2,1-2H3/p+1/b5-3-,7-6-. The normalized spacial score (nSPS) is 13.1. The van der Waals surface area contributed by atoms with E-state index in [4.69, 9.17) is 0 Å². The van der Waals surface area contributed by atoms with Gasteiger partial charge in [0.05, 0.1) is 6.20 Å². The molecule has 0 unspecified atom stereocenters. The number of quaternary nitrogens is 1. The van der Waals surface area contributed by atoms with Gasteiger partial charge in [-0.3, -0.25) is 0 Å². The Morgan fingerprint density at radius 3 is 2.38 bits per heavy atom. The molecule has 0 radical (unpaired) electrons. The molecule has 0 spiro atoms. The predicted octanol–water partition coefficient (Wildman–Crippen LogP) is 1.10. The summed E-state index contributed by atoms with van der Waals surface area (Å²) in [6.45, 7) is 4.14. The van der Waals surface area contributed by atoms with Crippen molar-refractivity contribution in [3.8, 4) is 0 Å². The average molecular weight is 112 g/mol. The van der Waals surface area contributed by atoms with Crippen LogP contribution in [0.15, 0.2) is 23.9 Å². The molecule has 0 aliphatic carbocycles. The Bertz CT molecular complexity index is 98.2. The molecular weight excluding hydrogens is 98.1 g/mol. The molecule has 0 aromatic heterocycles. The zero-order valence-electron chi connectivity index (χ0n) is 5.65. The van der Waals surface area contributed by atoms with Gasteiger partial charge in [0, 0.05) is 5.57 Å². The van der Waals surface area contributed by atoms with Crippen LogP contribution in [-0.2, 0) is 0 Å². The summed E-state index contributed by atoms with van der Waals surface area (Å²) in [5.41, 5.74) is 4.96. The summed E-state index contributed by atoms with van der Waals surface area (Å²) in [6, 6.07) is 0. The largest absolute Gasteiger partial charge is 0.331 e. The van der Waals surface area contributed by atoms with E-state index in [1.807, 2.05) is 19.2 Å². The highest BCUT2D eigenvalue weighted by Crippen LogP contribution is 1.97.